The van der Waals surface area contributed by atoms with Crippen LogP contribution in [0.4, 0.5) is 0 Å². The Morgan fingerprint density at radius 1 is 0.684 bits per heavy atom. The van der Waals surface area contributed by atoms with Gasteiger partial charge in [0, 0.05) is 5.56 Å². The molecule has 2 N–H and O–H groups in total. The summed E-state index contributed by atoms with van der Waals surface area (Å²) in [5.74, 6) is -0.509. The number of carboxylic acids is 1. The number of phenols is 1. The summed E-state index contributed by atoms with van der Waals surface area (Å²) in [6.45, 7) is 16.8. The highest BCUT2D eigenvalue weighted by Crippen LogP contribution is 2.42. The highest BCUT2D eigenvalue weighted by Gasteiger charge is 2.34. The van der Waals surface area contributed by atoms with E-state index in [-0.39, 0.29) is 16.7 Å². The zero-order valence-electron chi connectivity index (χ0n) is 26.6. The molecule has 1 atom stereocenters. The van der Waals surface area contributed by atoms with E-state index in [0.717, 1.165) is 12.0 Å². The van der Waals surface area contributed by atoms with Crippen molar-refractivity contribution in [3.63, 3.8) is 0 Å². The molecule has 0 heterocycles. The van der Waals surface area contributed by atoms with E-state index < -0.39 is 5.97 Å². The third-order valence-corrected chi connectivity index (χ3v) is 7.34. The first-order valence-corrected chi connectivity index (χ1v) is 15.9. The Balaban J connectivity index is 0.000000588. The predicted octanol–water partition coefficient (Wildman–Crippen LogP) is 11.8. The molecule has 0 aromatic carbocycles. The van der Waals surface area contributed by atoms with Crippen molar-refractivity contribution in [3.05, 3.63) is 18.2 Å². The van der Waals surface area contributed by atoms with E-state index >= 15 is 0 Å². The van der Waals surface area contributed by atoms with E-state index in [4.69, 9.17) is 10.2 Å². The van der Waals surface area contributed by atoms with Crippen LogP contribution < -0.4 is 0 Å². The van der Waals surface area contributed by atoms with Crippen molar-refractivity contribution in [3.8, 4) is 16.9 Å². The lowest BCUT2D eigenvalue weighted by Gasteiger charge is -2.32. The van der Waals surface area contributed by atoms with Crippen LogP contribution in [-0.2, 0) is 4.79 Å². The van der Waals surface area contributed by atoms with Gasteiger partial charge in [0.1, 0.15) is 5.75 Å². The van der Waals surface area contributed by atoms with Gasteiger partial charge in [0.05, 0.1) is 5.92 Å². The van der Waals surface area contributed by atoms with Gasteiger partial charge in [-0.1, -0.05) is 164 Å². The van der Waals surface area contributed by atoms with Crippen molar-refractivity contribution in [1.82, 2.24) is 0 Å². The van der Waals surface area contributed by atoms with Crippen molar-refractivity contribution >= 4 is 5.97 Å². The standard InChI is InChI=1S/C18H38.C11H22O2.C6H4O/c1-3-5-7-9-11-13-15-17-18-16-14-12-10-8-6-4-2;1-10(2,3)7-8(9(12)13)11(4,5)6;7-6-2-1-4-3-5(4)6/h3-18H2,1-2H3;8H,7H2,1-6H3,(H,12,13);1-3,7H. The first-order valence-electron chi connectivity index (χ1n) is 15.9. The van der Waals surface area contributed by atoms with Gasteiger partial charge in [-0.2, -0.15) is 0 Å². The van der Waals surface area contributed by atoms with Crippen molar-refractivity contribution < 1.29 is 15.0 Å². The summed E-state index contributed by atoms with van der Waals surface area (Å²) in [6, 6.07) is 5.57. The molecule has 0 amide bonds. The second-order valence-corrected chi connectivity index (χ2v) is 13.7. The SMILES string of the molecule is CC(C)(C)CC(C(=O)O)C(C)(C)C.CCCCCCCCCCCCCCCCCC.Oc1ccc2cc1-2. The van der Waals surface area contributed by atoms with Crippen LogP contribution in [0.2, 0.25) is 0 Å². The highest BCUT2D eigenvalue weighted by atomic mass is 16.4. The fourth-order valence-electron chi connectivity index (χ4n) is 4.74. The number of hydrogen-bond acceptors (Lipinski definition) is 2. The largest absolute Gasteiger partial charge is 0.507 e. The number of benzene rings is 1. The number of aliphatic carboxylic acids is 1. The molecule has 0 aliphatic heterocycles. The zero-order valence-corrected chi connectivity index (χ0v) is 26.6. The molecule has 1 unspecified atom stereocenters. The maximum absolute atomic E-state index is 11.0. The molecular formula is C35H64O3. The minimum absolute atomic E-state index is 0.0797. The number of carbonyl (C=O) groups is 1. The number of fused-ring (bicyclic) bond motifs is 1. The fourth-order valence-corrected chi connectivity index (χ4v) is 4.74. The van der Waals surface area contributed by atoms with Crippen LogP contribution >= 0.6 is 0 Å². The van der Waals surface area contributed by atoms with Gasteiger partial charge in [0.15, 0.2) is 0 Å². The Hall–Kier alpha value is -1.51. The Bertz CT molecular complexity index is 708. The van der Waals surface area contributed by atoms with E-state index in [1.54, 1.807) is 6.07 Å². The molecular weight excluding hydrogens is 468 g/mol. The first kappa shape index (κ1) is 36.5. The lowest BCUT2D eigenvalue weighted by Crippen LogP contribution is -2.32. The number of aromatic hydroxyl groups is 1. The van der Waals surface area contributed by atoms with Gasteiger partial charge in [-0.3, -0.25) is 4.79 Å². The number of unbranched alkanes of at least 4 members (excludes halogenated alkanes) is 15. The number of phenolic OH excluding ortho intramolecular Hbond substituents is 1. The van der Waals surface area contributed by atoms with Crippen LogP contribution in [0.1, 0.15) is 165 Å². The Labute approximate surface area is 237 Å². The van der Waals surface area contributed by atoms with Gasteiger partial charge in [-0.05, 0) is 34.9 Å². The van der Waals surface area contributed by atoms with Crippen LogP contribution in [0.5, 0.6) is 5.75 Å². The Morgan fingerprint density at radius 2 is 1.05 bits per heavy atom. The molecule has 3 nitrogen and oxygen atoms in total. The zero-order chi connectivity index (χ0) is 29.0. The quantitative estimate of drug-likeness (QED) is 0.199. The summed E-state index contributed by atoms with van der Waals surface area (Å²) in [6.07, 6.45) is 24.1. The molecule has 2 aliphatic carbocycles. The molecule has 0 spiro atoms. The van der Waals surface area contributed by atoms with Crippen LogP contribution in [0.15, 0.2) is 18.2 Å². The predicted molar refractivity (Wildman–Crippen MR) is 167 cm³/mol. The lowest BCUT2D eigenvalue weighted by molar-refractivity contribution is -0.146. The maximum atomic E-state index is 11.0. The maximum Gasteiger partial charge on any atom is 0.307 e. The normalized spacial score (nSPS) is 12.6. The molecule has 0 radical (unpaired) electrons. The fraction of sp³-hybridized carbons (Fsp3) is 0.800. The van der Waals surface area contributed by atoms with Crippen LogP contribution in [0.3, 0.4) is 0 Å². The van der Waals surface area contributed by atoms with Crippen molar-refractivity contribution in [2.45, 2.75) is 165 Å². The summed E-state index contributed by atoms with van der Waals surface area (Å²) in [5, 5.41) is 17.9. The molecule has 222 valence electrons. The summed E-state index contributed by atoms with van der Waals surface area (Å²) in [7, 11) is 0. The third-order valence-electron chi connectivity index (χ3n) is 7.34. The Morgan fingerprint density at radius 3 is 1.18 bits per heavy atom. The van der Waals surface area contributed by atoms with Gasteiger partial charge in [0.2, 0.25) is 0 Å². The first-order chi connectivity index (χ1) is 17.8. The van der Waals surface area contributed by atoms with Crippen LogP contribution in [-0.4, -0.2) is 16.2 Å². The minimum atomic E-state index is -0.678. The van der Waals surface area contributed by atoms with Gasteiger partial charge < -0.3 is 10.2 Å². The number of carboxylic acid groups (broad SMARTS) is 1. The average molecular weight is 533 g/mol. The number of rotatable bonds is 17. The minimum Gasteiger partial charge on any atom is -0.507 e. The van der Waals surface area contributed by atoms with Gasteiger partial charge in [-0.15, -0.1) is 0 Å². The molecule has 0 saturated heterocycles. The van der Waals surface area contributed by atoms with E-state index in [2.05, 4.69) is 34.6 Å². The summed E-state index contributed by atoms with van der Waals surface area (Å²) in [5.41, 5.74) is 2.15. The molecule has 0 aromatic rings. The molecule has 0 saturated carbocycles. The van der Waals surface area contributed by atoms with Gasteiger partial charge >= 0.3 is 5.97 Å². The van der Waals surface area contributed by atoms with Crippen molar-refractivity contribution in [2.24, 2.45) is 16.7 Å². The Kier molecular flexibility index (Phi) is 19.6. The molecule has 0 aromatic heterocycles. The second kappa shape index (κ2) is 20.4. The molecule has 38 heavy (non-hydrogen) atoms. The van der Waals surface area contributed by atoms with E-state index in [9.17, 15) is 4.79 Å². The molecule has 2 aliphatic rings. The van der Waals surface area contributed by atoms with Gasteiger partial charge in [-0.25, -0.2) is 0 Å². The summed E-state index contributed by atoms with van der Waals surface area (Å²) >= 11 is 0. The summed E-state index contributed by atoms with van der Waals surface area (Å²) in [4.78, 5) is 11.0. The lowest BCUT2D eigenvalue weighted by atomic mass is 9.72. The molecule has 0 bridgehead atoms. The van der Waals surface area contributed by atoms with Gasteiger partial charge in [0.25, 0.3) is 0 Å². The molecule has 3 heteroatoms. The van der Waals surface area contributed by atoms with E-state index in [1.807, 2.05) is 32.9 Å². The van der Waals surface area contributed by atoms with Crippen molar-refractivity contribution in [2.75, 3.05) is 0 Å². The topological polar surface area (TPSA) is 57.5 Å². The molecule has 0 fully saturated rings. The highest BCUT2D eigenvalue weighted by molar-refractivity contribution is 5.86. The van der Waals surface area contributed by atoms with E-state index in [1.165, 1.54) is 108 Å². The summed E-state index contributed by atoms with van der Waals surface area (Å²) < 4.78 is 0. The van der Waals surface area contributed by atoms with Crippen LogP contribution in [0, 0.1) is 16.7 Å². The monoisotopic (exact) mass is 532 g/mol. The average Bonchev–Trinajstić information content (AvgIpc) is 3.53. The van der Waals surface area contributed by atoms with E-state index in [0.29, 0.717) is 5.75 Å². The smallest absolute Gasteiger partial charge is 0.307 e. The number of hydrogen-bond donors (Lipinski definition) is 2. The molecule has 2 rings (SSSR count). The van der Waals surface area contributed by atoms with Crippen molar-refractivity contribution in [1.29, 1.82) is 0 Å². The third kappa shape index (κ3) is 20.5. The second-order valence-electron chi connectivity index (χ2n) is 13.7. The van der Waals surface area contributed by atoms with Crippen LogP contribution in [0.25, 0.3) is 11.1 Å².